The summed E-state index contributed by atoms with van der Waals surface area (Å²) in [5.41, 5.74) is 13.7. The fourth-order valence-electron chi connectivity index (χ4n) is 8.18. The first-order valence-electron chi connectivity index (χ1n) is 23.0. The molecule has 6 aromatic rings. The summed E-state index contributed by atoms with van der Waals surface area (Å²) in [6.45, 7) is 20.5. The maximum absolute atomic E-state index is 5.06. The van der Waals surface area contributed by atoms with E-state index < -0.39 is 0 Å². The zero-order valence-corrected chi connectivity index (χ0v) is 38.7. The highest BCUT2D eigenvalue weighted by molar-refractivity contribution is 6.19. The second-order valence-electron chi connectivity index (χ2n) is 17.2. The van der Waals surface area contributed by atoms with Gasteiger partial charge in [0.2, 0.25) is 0 Å². The molecule has 5 aromatic carbocycles. The third-order valence-corrected chi connectivity index (χ3v) is 12.8. The molecule has 6 rings (SSSR count). The van der Waals surface area contributed by atoms with Crippen molar-refractivity contribution in [3.8, 4) is 11.1 Å². The van der Waals surface area contributed by atoms with E-state index in [1.165, 1.54) is 66.1 Å². The highest BCUT2D eigenvalue weighted by Gasteiger charge is 2.18. The Labute approximate surface area is 373 Å². The van der Waals surface area contributed by atoms with Crippen LogP contribution in [0.1, 0.15) is 104 Å². The van der Waals surface area contributed by atoms with Crippen molar-refractivity contribution in [2.24, 2.45) is 23.7 Å². The van der Waals surface area contributed by atoms with E-state index in [1.54, 1.807) is 0 Å². The summed E-state index contributed by atoms with van der Waals surface area (Å²) in [6.07, 6.45) is 26.2. The van der Waals surface area contributed by atoms with Crippen LogP contribution in [-0.2, 0) is 0 Å². The van der Waals surface area contributed by atoms with E-state index in [0.717, 1.165) is 36.1 Å². The molecule has 0 radical (unpaired) electrons. The molecular formula is C61H67N. The molecule has 0 bridgehead atoms. The van der Waals surface area contributed by atoms with Crippen molar-refractivity contribution < 1.29 is 0 Å². The van der Waals surface area contributed by atoms with Crippen LogP contribution in [0.2, 0.25) is 0 Å². The quantitative estimate of drug-likeness (QED) is 0.0660. The lowest BCUT2D eigenvalue weighted by molar-refractivity contribution is 0.558. The van der Waals surface area contributed by atoms with Crippen LogP contribution in [0.4, 0.5) is 0 Å². The van der Waals surface area contributed by atoms with Crippen LogP contribution in [0.3, 0.4) is 0 Å². The molecule has 62 heavy (non-hydrogen) atoms. The number of rotatable bonds is 17. The van der Waals surface area contributed by atoms with Gasteiger partial charge in [-0.15, -0.1) is 0 Å². The first-order valence-corrected chi connectivity index (χ1v) is 23.0. The van der Waals surface area contributed by atoms with E-state index >= 15 is 0 Å². The minimum Gasteiger partial charge on any atom is -0.256 e. The molecule has 1 heterocycles. The van der Waals surface area contributed by atoms with Gasteiger partial charge in [-0.2, -0.15) is 0 Å². The second-order valence-corrected chi connectivity index (χ2v) is 17.2. The summed E-state index contributed by atoms with van der Waals surface area (Å²) in [7, 11) is 0. The maximum atomic E-state index is 5.06. The lowest BCUT2D eigenvalue weighted by Gasteiger charge is -2.20. The van der Waals surface area contributed by atoms with Gasteiger partial charge in [0, 0.05) is 11.8 Å². The lowest BCUT2D eigenvalue weighted by atomic mass is 9.84. The number of nitrogens with zero attached hydrogens (tertiary/aromatic N) is 1. The van der Waals surface area contributed by atoms with Gasteiger partial charge in [-0.05, 0) is 123 Å². The molecule has 0 fully saturated rings. The van der Waals surface area contributed by atoms with Gasteiger partial charge >= 0.3 is 0 Å². The third-order valence-electron chi connectivity index (χ3n) is 12.8. The van der Waals surface area contributed by atoms with Crippen LogP contribution in [0.15, 0.2) is 188 Å². The first kappa shape index (κ1) is 45.5. The largest absolute Gasteiger partial charge is 0.256 e. The van der Waals surface area contributed by atoms with Gasteiger partial charge in [0.05, 0.1) is 5.69 Å². The first-order chi connectivity index (χ1) is 30.1. The molecule has 1 nitrogen and oxygen atoms in total. The van der Waals surface area contributed by atoms with Crippen LogP contribution < -0.4 is 0 Å². The summed E-state index contributed by atoms with van der Waals surface area (Å²) in [5, 5.41) is 5.01. The predicted octanol–water partition coefficient (Wildman–Crippen LogP) is 17.8. The Morgan fingerprint density at radius 3 is 1.73 bits per heavy atom. The molecule has 0 saturated carbocycles. The van der Waals surface area contributed by atoms with Crippen molar-refractivity contribution in [2.75, 3.05) is 0 Å². The molecule has 0 aliphatic carbocycles. The summed E-state index contributed by atoms with van der Waals surface area (Å²) >= 11 is 0. The molecule has 1 heteroatoms. The average molecular weight is 814 g/mol. The van der Waals surface area contributed by atoms with Crippen molar-refractivity contribution in [1.82, 2.24) is 4.98 Å². The zero-order valence-electron chi connectivity index (χ0n) is 38.7. The summed E-state index contributed by atoms with van der Waals surface area (Å²) in [6, 6.07) is 43.8. The number of fused-ring (bicyclic) bond motifs is 2. The van der Waals surface area contributed by atoms with E-state index in [9.17, 15) is 0 Å². The Morgan fingerprint density at radius 2 is 1.16 bits per heavy atom. The van der Waals surface area contributed by atoms with Gasteiger partial charge in [-0.25, -0.2) is 0 Å². The van der Waals surface area contributed by atoms with Crippen molar-refractivity contribution in [3.05, 3.63) is 210 Å². The number of aromatic nitrogens is 1. The van der Waals surface area contributed by atoms with Crippen LogP contribution >= 0.6 is 0 Å². The highest BCUT2D eigenvalue weighted by atomic mass is 14.7. The van der Waals surface area contributed by atoms with Crippen molar-refractivity contribution in [3.63, 3.8) is 0 Å². The van der Waals surface area contributed by atoms with Crippen LogP contribution in [-0.4, -0.2) is 4.98 Å². The number of hydrogen-bond acceptors (Lipinski definition) is 1. The number of benzene rings is 5. The minimum atomic E-state index is 0.348. The van der Waals surface area contributed by atoms with Crippen molar-refractivity contribution in [2.45, 2.75) is 81.6 Å². The number of pyridine rings is 1. The molecule has 0 saturated heterocycles. The van der Waals surface area contributed by atoms with Crippen molar-refractivity contribution in [1.29, 1.82) is 0 Å². The average Bonchev–Trinajstić information content (AvgIpc) is 3.32. The summed E-state index contributed by atoms with van der Waals surface area (Å²) < 4.78 is 0. The monoisotopic (exact) mass is 814 g/mol. The molecule has 0 N–H and O–H groups in total. The topological polar surface area (TPSA) is 12.9 Å². The Morgan fingerprint density at radius 1 is 0.581 bits per heavy atom. The van der Waals surface area contributed by atoms with E-state index in [-0.39, 0.29) is 0 Å². The van der Waals surface area contributed by atoms with E-state index in [1.807, 2.05) is 0 Å². The minimum absolute atomic E-state index is 0.348. The predicted molar refractivity (Wildman–Crippen MR) is 275 cm³/mol. The fraction of sp³-hybridized carbons (Fsp3) is 0.262. The van der Waals surface area contributed by atoms with Gasteiger partial charge in [0.15, 0.2) is 0 Å². The van der Waals surface area contributed by atoms with Gasteiger partial charge in [-0.1, -0.05) is 230 Å². The summed E-state index contributed by atoms with van der Waals surface area (Å²) in [5.74, 6) is 1.65. The molecule has 0 amide bonds. The van der Waals surface area contributed by atoms with E-state index in [4.69, 9.17) is 4.98 Å². The Balaban J connectivity index is 1.34. The second kappa shape index (κ2) is 22.2. The van der Waals surface area contributed by atoms with E-state index in [2.05, 4.69) is 245 Å². The summed E-state index contributed by atoms with van der Waals surface area (Å²) in [4.78, 5) is 5.06. The van der Waals surface area contributed by atoms with Gasteiger partial charge in [-0.3, -0.25) is 4.98 Å². The van der Waals surface area contributed by atoms with Crippen LogP contribution in [0.25, 0.3) is 55.0 Å². The van der Waals surface area contributed by atoms with Crippen LogP contribution in [0.5, 0.6) is 0 Å². The molecule has 1 aromatic heterocycles. The van der Waals surface area contributed by atoms with Crippen molar-refractivity contribution >= 4 is 43.8 Å². The molecule has 4 unspecified atom stereocenters. The molecular weight excluding hydrogens is 747 g/mol. The normalized spacial score (nSPS) is 15.5. The molecule has 316 valence electrons. The third kappa shape index (κ3) is 11.1. The SMILES string of the molecule is CC/C(C)=C(/C=C\C=C(/C)c1ccc(-c2c3ccccc3c(C(/C=C\C(C)C(C)/C=C\C=C(\c3ccccc3)C(C)CC)=C/C(C)CC)c3ccccc23)cn1)c1ccccc1. The maximum Gasteiger partial charge on any atom is 0.0659 e. The molecule has 0 aliphatic heterocycles. The highest BCUT2D eigenvalue weighted by Crippen LogP contribution is 2.43. The molecule has 4 atom stereocenters. The molecule has 0 aliphatic rings. The van der Waals surface area contributed by atoms with Gasteiger partial charge < -0.3 is 0 Å². The fourth-order valence-corrected chi connectivity index (χ4v) is 8.18. The standard InChI is InChI=1S/C61H67N/c1-10-43(4)41-51(38-37-47(8)46(7)25-23-35-53(44(5)11-2)49-27-15-13-16-28-49)60-55-31-19-21-33-57(55)61(58-34-22-20-32-56(58)60)52-39-40-59(62-42-52)48(9)26-24-36-54(45(6)12-3)50-29-17-14-18-30-50/h13-44,46-47H,10-12H2,1-9H3/b25-23-,36-24-,38-37-,48-26+,51-41+,53-35+,54-45-. The number of hydrogen-bond donors (Lipinski definition) is 0. The van der Waals surface area contributed by atoms with Gasteiger partial charge in [0.25, 0.3) is 0 Å². The van der Waals surface area contributed by atoms with Gasteiger partial charge in [0.1, 0.15) is 0 Å². The van der Waals surface area contributed by atoms with Crippen LogP contribution in [0, 0.1) is 23.7 Å². The van der Waals surface area contributed by atoms with E-state index in [0.29, 0.717) is 23.7 Å². The zero-order chi connectivity index (χ0) is 44.0. The Bertz CT molecular complexity index is 2570. The lowest BCUT2D eigenvalue weighted by Crippen LogP contribution is -2.02. The Hall–Kier alpha value is -6.05. The number of allylic oxidation sites excluding steroid dienone is 14. The Kier molecular flexibility index (Phi) is 16.3. The smallest absolute Gasteiger partial charge is 0.0659 e. The molecule has 0 spiro atoms.